The van der Waals surface area contributed by atoms with Gasteiger partial charge in [0.2, 0.25) is 0 Å². The van der Waals surface area contributed by atoms with Crippen LogP contribution in [0, 0.1) is 0 Å². The van der Waals surface area contributed by atoms with E-state index in [4.69, 9.17) is 10.5 Å². The topological polar surface area (TPSA) is 64.3 Å². The summed E-state index contributed by atoms with van der Waals surface area (Å²) in [7, 11) is 0. The quantitative estimate of drug-likeness (QED) is 0.909. The maximum atomic E-state index is 12.3. The molecular weight excluding hydrogens is 264 g/mol. The number of carbonyl (C=O) groups is 1. The number of nitrogens with two attached hydrogens (primary N) is 1. The normalized spacial score (nSPS) is 14.2. The van der Waals surface area contributed by atoms with Crippen LogP contribution in [0.5, 0.6) is 5.75 Å². The van der Waals surface area contributed by atoms with E-state index in [0.717, 1.165) is 29.0 Å². The Hall–Kier alpha value is -2.33. The molecule has 3 rings (SSSR count). The lowest BCUT2D eigenvalue weighted by atomic mass is 10.1. The fraction of sp³-hybridized carbons (Fsp3) is 0.235. The molecule has 4 heteroatoms. The number of benzene rings is 2. The second-order valence-corrected chi connectivity index (χ2v) is 5.29. The van der Waals surface area contributed by atoms with Crippen molar-refractivity contribution in [3.8, 4) is 5.75 Å². The van der Waals surface area contributed by atoms with Gasteiger partial charge >= 0.3 is 0 Å². The first-order chi connectivity index (χ1) is 10.1. The SMILES string of the molecule is CC(N)c1ccc(NC(=O)c2ccc3c(c2)CCO3)cc1. The zero-order valence-electron chi connectivity index (χ0n) is 11.9. The Balaban J connectivity index is 1.74. The van der Waals surface area contributed by atoms with E-state index in [2.05, 4.69) is 5.32 Å². The number of hydrogen-bond donors (Lipinski definition) is 2. The maximum Gasteiger partial charge on any atom is 0.255 e. The summed E-state index contributed by atoms with van der Waals surface area (Å²) in [4.78, 5) is 12.3. The standard InChI is InChI=1S/C17H18N2O2/c1-11(18)12-2-5-15(6-3-12)19-17(20)14-4-7-16-13(10-14)8-9-21-16/h2-7,10-11H,8-9,18H2,1H3,(H,19,20). The third-order valence-electron chi connectivity index (χ3n) is 3.65. The van der Waals surface area contributed by atoms with Crippen molar-refractivity contribution in [3.05, 3.63) is 59.2 Å². The van der Waals surface area contributed by atoms with Crippen LogP contribution >= 0.6 is 0 Å². The molecule has 1 unspecified atom stereocenters. The minimum absolute atomic E-state index is 0.00791. The second-order valence-electron chi connectivity index (χ2n) is 5.29. The Morgan fingerprint density at radius 3 is 2.71 bits per heavy atom. The van der Waals surface area contributed by atoms with E-state index in [-0.39, 0.29) is 11.9 Å². The molecule has 1 aliphatic rings. The number of carbonyl (C=O) groups excluding carboxylic acids is 1. The van der Waals surface area contributed by atoms with Crippen LogP contribution in [0.1, 0.15) is 34.5 Å². The predicted molar refractivity (Wildman–Crippen MR) is 82.6 cm³/mol. The number of anilines is 1. The van der Waals surface area contributed by atoms with Crippen LogP contribution in [0.25, 0.3) is 0 Å². The van der Waals surface area contributed by atoms with E-state index in [1.165, 1.54) is 0 Å². The van der Waals surface area contributed by atoms with Crippen molar-refractivity contribution >= 4 is 11.6 Å². The Kier molecular flexibility index (Phi) is 3.62. The van der Waals surface area contributed by atoms with Gasteiger partial charge in [-0.25, -0.2) is 0 Å². The van der Waals surface area contributed by atoms with Gasteiger partial charge < -0.3 is 15.8 Å². The zero-order chi connectivity index (χ0) is 14.8. The fourth-order valence-corrected chi connectivity index (χ4v) is 2.40. The zero-order valence-corrected chi connectivity index (χ0v) is 11.9. The van der Waals surface area contributed by atoms with Gasteiger partial charge in [-0.15, -0.1) is 0 Å². The summed E-state index contributed by atoms with van der Waals surface area (Å²) in [6.07, 6.45) is 0.861. The molecule has 3 N–H and O–H groups in total. The largest absolute Gasteiger partial charge is 0.493 e. The van der Waals surface area contributed by atoms with Crippen LogP contribution in [0.15, 0.2) is 42.5 Å². The summed E-state index contributed by atoms with van der Waals surface area (Å²) in [5, 5.41) is 2.89. The van der Waals surface area contributed by atoms with Crippen molar-refractivity contribution in [1.82, 2.24) is 0 Å². The minimum atomic E-state index is -0.113. The molecule has 108 valence electrons. The van der Waals surface area contributed by atoms with Crippen molar-refractivity contribution in [3.63, 3.8) is 0 Å². The molecule has 1 amide bonds. The Bertz CT molecular complexity index is 663. The molecule has 2 aromatic rings. The van der Waals surface area contributed by atoms with E-state index in [1.54, 1.807) is 6.07 Å². The van der Waals surface area contributed by atoms with Crippen molar-refractivity contribution in [2.45, 2.75) is 19.4 Å². The van der Waals surface area contributed by atoms with Crippen molar-refractivity contribution in [2.75, 3.05) is 11.9 Å². The Labute approximate surface area is 123 Å². The molecule has 1 heterocycles. The number of fused-ring (bicyclic) bond motifs is 1. The maximum absolute atomic E-state index is 12.3. The molecule has 0 radical (unpaired) electrons. The first-order valence-corrected chi connectivity index (χ1v) is 7.06. The lowest BCUT2D eigenvalue weighted by molar-refractivity contribution is 0.102. The first kappa shape index (κ1) is 13.6. The molecule has 0 bridgehead atoms. The molecule has 2 aromatic carbocycles. The molecule has 0 saturated heterocycles. The van der Waals surface area contributed by atoms with Crippen LogP contribution in [0.4, 0.5) is 5.69 Å². The van der Waals surface area contributed by atoms with Crippen molar-refractivity contribution in [2.24, 2.45) is 5.73 Å². The van der Waals surface area contributed by atoms with Gasteiger partial charge in [0, 0.05) is 23.7 Å². The predicted octanol–water partition coefficient (Wildman–Crippen LogP) is 2.89. The number of ether oxygens (including phenoxy) is 1. The van der Waals surface area contributed by atoms with E-state index >= 15 is 0 Å². The average Bonchev–Trinajstić information content (AvgIpc) is 2.95. The van der Waals surface area contributed by atoms with Gasteiger partial charge in [0.1, 0.15) is 5.75 Å². The molecular formula is C17H18N2O2. The summed E-state index contributed by atoms with van der Waals surface area (Å²) in [6.45, 7) is 2.62. The summed E-state index contributed by atoms with van der Waals surface area (Å²) in [5.74, 6) is 0.770. The highest BCUT2D eigenvalue weighted by Crippen LogP contribution is 2.26. The molecule has 21 heavy (non-hydrogen) atoms. The monoisotopic (exact) mass is 282 g/mol. The van der Waals surface area contributed by atoms with Crippen LogP contribution in [-0.4, -0.2) is 12.5 Å². The molecule has 0 fully saturated rings. The third-order valence-corrected chi connectivity index (χ3v) is 3.65. The average molecular weight is 282 g/mol. The van der Waals surface area contributed by atoms with Crippen molar-refractivity contribution in [1.29, 1.82) is 0 Å². The van der Waals surface area contributed by atoms with Crippen LogP contribution in [0.2, 0.25) is 0 Å². The number of nitrogens with one attached hydrogen (secondary N) is 1. The van der Waals surface area contributed by atoms with Gasteiger partial charge in [-0.3, -0.25) is 4.79 Å². The van der Waals surface area contributed by atoms with E-state index in [9.17, 15) is 4.79 Å². The highest BCUT2D eigenvalue weighted by molar-refractivity contribution is 6.04. The van der Waals surface area contributed by atoms with Gasteiger partial charge in [0.25, 0.3) is 5.91 Å². The summed E-state index contributed by atoms with van der Waals surface area (Å²) in [6, 6.07) is 13.1. The highest BCUT2D eigenvalue weighted by Gasteiger charge is 2.15. The van der Waals surface area contributed by atoms with E-state index in [1.807, 2.05) is 43.3 Å². The van der Waals surface area contributed by atoms with E-state index < -0.39 is 0 Å². The number of rotatable bonds is 3. The lowest BCUT2D eigenvalue weighted by Gasteiger charge is -2.09. The van der Waals surface area contributed by atoms with Crippen LogP contribution in [0.3, 0.4) is 0 Å². The molecule has 1 aliphatic heterocycles. The van der Waals surface area contributed by atoms with Gasteiger partial charge in [0.05, 0.1) is 6.61 Å². The summed E-state index contributed by atoms with van der Waals surface area (Å²) >= 11 is 0. The van der Waals surface area contributed by atoms with E-state index in [0.29, 0.717) is 12.2 Å². The number of amides is 1. The number of hydrogen-bond acceptors (Lipinski definition) is 3. The molecule has 4 nitrogen and oxygen atoms in total. The van der Waals surface area contributed by atoms with Gasteiger partial charge in [0.15, 0.2) is 0 Å². The first-order valence-electron chi connectivity index (χ1n) is 7.06. The third kappa shape index (κ3) is 2.90. The Morgan fingerprint density at radius 1 is 1.24 bits per heavy atom. The molecule has 0 saturated carbocycles. The van der Waals surface area contributed by atoms with Crippen LogP contribution < -0.4 is 15.8 Å². The van der Waals surface area contributed by atoms with Gasteiger partial charge in [-0.1, -0.05) is 12.1 Å². The lowest BCUT2D eigenvalue weighted by Crippen LogP contribution is -2.12. The summed E-state index contributed by atoms with van der Waals surface area (Å²) < 4.78 is 5.44. The van der Waals surface area contributed by atoms with Crippen molar-refractivity contribution < 1.29 is 9.53 Å². The smallest absolute Gasteiger partial charge is 0.255 e. The molecule has 0 spiro atoms. The Morgan fingerprint density at radius 2 is 2.00 bits per heavy atom. The fourth-order valence-electron chi connectivity index (χ4n) is 2.40. The highest BCUT2D eigenvalue weighted by atomic mass is 16.5. The summed E-state index contributed by atoms with van der Waals surface area (Å²) in [5.41, 5.74) is 9.36. The molecule has 0 aromatic heterocycles. The van der Waals surface area contributed by atoms with Crippen LogP contribution in [-0.2, 0) is 6.42 Å². The molecule has 0 aliphatic carbocycles. The van der Waals surface area contributed by atoms with Gasteiger partial charge in [-0.05, 0) is 48.4 Å². The molecule has 1 atom stereocenters. The second kappa shape index (κ2) is 5.58. The van der Waals surface area contributed by atoms with Gasteiger partial charge in [-0.2, -0.15) is 0 Å². The minimum Gasteiger partial charge on any atom is -0.493 e.